The van der Waals surface area contributed by atoms with Crippen molar-refractivity contribution >= 4 is 34.7 Å². The van der Waals surface area contributed by atoms with E-state index in [1.54, 1.807) is 42.6 Å². The number of ether oxygens (including phenoxy) is 2. The molecule has 0 radical (unpaired) electrons. The van der Waals surface area contributed by atoms with Gasteiger partial charge in [0, 0.05) is 0 Å². The Kier molecular flexibility index (Phi) is 5.78. The summed E-state index contributed by atoms with van der Waals surface area (Å²) in [7, 11) is 3.00. The van der Waals surface area contributed by atoms with Gasteiger partial charge in [0.05, 0.1) is 36.8 Å². The lowest BCUT2D eigenvalue weighted by Crippen LogP contribution is -2.15. The molecular weight excluding hydrogens is 366 g/mol. The van der Waals surface area contributed by atoms with Gasteiger partial charge in [-0.3, -0.25) is 4.79 Å². The van der Waals surface area contributed by atoms with Crippen LogP contribution in [0.2, 0.25) is 5.02 Å². The zero-order valence-electron chi connectivity index (χ0n) is 14.8. The molecule has 0 aliphatic heterocycles. The maximum atomic E-state index is 12.6. The number of hydrogen-bond donors (Lipinski definition) is 2. The van der Waals surface area contributed by atoms with Gasteiger partial charge in [0.15, 0.2) is 0 Å². The maximum Gasteiger partial charge on any atom is 0.264 e. The zero-order chi connectivity index (χ0) is 19.2. The summed E-state index contributed by atoms with van der Waals surface area (Å²) >= 11 is 6.14. The number of anilines is 3. The molecule has 138 valence electrons. The highest BCUT2D eigenvalue weighted by atomic mass is 35.5. The molecule has 27 heavy (non-hydrogen) atoms. The van der Waals surface area contributed by atoms with E-state index in [2.05, 4.69) is 15.6 Å². The van der Waals surface area contributed by atoms with Crippen molar-refractivity contribution in [1.29, 1.82) is 0 Å². The number of nitrogens with one attached hydrogen (secondary N) is 2. The molecule has 0 fully saturated rings. The van der Waals surface area contributed by atoms with E-state index in [0.717, 1.165) is 11.4 Å². The van der Waals surface area contributed by atoms with Gasteiger partial charge in [-0.05, 0) is 36.4 Å². The van der Waals surface area contributed by atoms with E-state index >= 15 is 0 Å². The quantitative estimate of drug-likeness (QED) is 0.642. The smallest absolute Gasteiger partial charge is 0.264 e. The fourth-order valence-electron chi connectivity index (χ4n) is 2.51. The minimum atomic E-state index is -0.372. The molecule has 0 atom stereocenters. The Morgan fingerprint density at radius 3 is 2.26 bits per heavy atom. The molecule has 1 amide bonds. The summed E-state index contributed by atoms with van der Waals surface area (Å²) in [5, 5.41) is 6.53. The molecule has 0 aliphatic carbocycles. The van der Waals surface area contributed by atoms with Gasteiger partial charge in [-0.1, -0.05) is 29.8 Å². The first-order chi connectivity index (χ1) is 13.1. The lowest BCUT2D eigenvalue weighted by atomic mass is 10.1. The Bertz CT molecular complexity index is 923. The van der Waals surface area contributed by atoms with Crippen LogP contribution in [0.25, 0.3) is 0 Å². The molecule has 1 heterocycles. The third kappa shape index (κ3) is 4.30. The fraction of sp³-hybridized carbons (Fsp3) is 0.100. The lowest BCUT2D eigenvalue weighted by molar-refractivity contribution is 0.102. The Balaban J connectivity index is 1.75. The second kappa shape index (κ2) is 8.42. The summed E-state index contributed by atoms with van der Waals surface area (Å²) in [6.45, 7) is 0. The van der Waals surface area contributed by atoms with E-state index in [1.807, 2.05) is 18.2 Å². The average molecular weight is 384 g/mol. The number of rotatable bonds is 6. The Morgan fingerprint density at radius 2 is 1.67 bits per heavy atom. The van der Waals surface area contributed by atoms with Gasteiger partial charge in [0.2, 0.25) is 0 Å². The van der Waals surface area contributed by atoms with Crippen molar-refractivity contribution < 1.29 is 14.3 Å². The molecule has 2 N–H and O–H groups in total. The van der Waals surface area contributed by atoms with Crippen LogP contribution in [0.4, 0.5) is 17.2 Å². The SMILES string of the molecule is COc1cccc(OC)c1C(=O)Nc1ccc(Nc2ccccc2Cl)cn1. The highest BCUT2D eigenvalue weighted by Gasteiger charge is 2.18. The predicted molar refractivity (Wildman–Crippen MR) is 106 cm³/mol. The van der Waals surface area contributed by atoms with E-state index in [1.165, 1.54) is 14.2 Å². The summed E-state index contributed by atoms with van der Waals surface area (Å²) in [6.07, 6.45) is 1.61. The number of aromatic nitrogens is 1. The summed E-state index contributed by atoms with van der Waals surface area (Å²) in [5.41, 5.74) is 1.83. The Hall–Kier alpha value is -3.25. The van der Waals surface area contributed by atoms with Gasteiger partial charge in [-0.15, -0.1) is 0 Å². The standard InChI is InChI=1S/C20H18ClN3O3/c1-26-16-8-5-9-17(27-2)19(16)20(25)24-18-11-10-13(12-22-18)23-15-7-4-3-6-14(15)21/h3-12,23H,1-2H3,(H,22,24,25). The average Bonchev–Trinajstić information content (AvgIpc) is 2.70. The second-order valence-electron chi connectivity index (χ2n) is 5.53. The van der Waals surface area contributed by atoms with Crippen LogP contribution in [-0.2, 0) is 0 Å². The third-order valence-electron chi connectivity index (χ3n) is 3.81. The van der Waals surface area contributed by atoms with Gasteiger partial charge >= 0.3 is 0 Å². The number of halogens is 1. The molecule has 2 aromatic carbocycles. The number of pyridine rings is 1. The molecule has 0 aliphatic rings. The second-order valence-corrected chi connectivity index (χ2v) is 5.94. The molecule has 7 heteroatoms. The molecule has 0 spiro atoms. The highest BCUT2D eigenvalue weighted by molar-refractivity contribution is 6.33. The van der Waals surface area contributed by atoms with Crippen LogP contribution in [0.5, 0.6) is 11.5 Å². The molecule has 1 aromatic heterocycles. The first-order valence-electron chi connectivity index (χ1n) is 8.12. The van der Waals surface area contributed by atoms with E-state index in [-0.39, 0.29) is 5.91 Å². The van der Waals surface area contributed by atoms with Crippen molar-refractivity contribution in [2.24, 2.45) is 0 Å². The van der Waals surface area contributed by atoms with Crippen LogP contribution in [0.1, 0.15) is 10.4 Å². The molecule has 0 unspecified atom stereocenters. The third-order valence-corrected chi connectivity index (χ3v) is 4.14. The number of para-hydroxylation sites is 1. The highest BCUT2D eigenvalue weighted by Crippen LogP contribution is 2.29. The number of hydrogen-bond acceptors (Lipinski definition) is 5. The van der Waals surface area contributed by atoms with Gasteiger partial charge < -0.3 is 20.1 Å². The first kappa shape index (κ1) is 18.5. The number of nitrogens with zero attached hydrogens (tertiary/aromatic N) is 1. The molecule has 3 rings (SSSR count). The number of carbonyl (C=O) groups is 1. The topological polar surface area (TPSA) is 72.5 Å². The van der Waals surface area contributed by atoms with Crippen molar-refractivity contribution in [2.45, 2.75) is 0 Å². The molecule has 0 saturated carbocycles. The van der Waals surface area contributed by atoms with E-state index in [0.29, 0.717) is 27.9 Å². The lowest BCUT2D eigenvalue weighted by Gasteiger charge is -2.13. The maximum absolute atomic E-state index is 12.6. The van der Waals surface area contributed by atoms with Crippen LogP contribution in [0.3, 0.4) is 0 Å². The van der Waals surface area contributed by atoms with Crippen LogP contribution in [0, 0.1) is 0 Å². The Labute approximate surface area is 162 Å². The molecule has 0 saturated heterocycles. The zero-order valence-corrected chi connectivity index (χ0v) is 15.6. The largest absolute Gasteiger partial charge is 0.496 e. The Morgan fingerprint density at radius 1 is 0.963 bits per heavy atom. The summed E-state index contributed by atoms with van der Waals surface area (Å²) in [4.78, 5) is 16.9. The van der Waals surface area contributed by atoms with Gasteiger partial charge in [0.1, 0.15) is 22.9 Å². The van der Waals surface area contributed by atoms with E-state index < -0.39 is 0 Å². The predicted octanol–water partition coefficient (Wildman–Crippen LogP) is 4.75. The van der Waals surface area contributed by atoms with Crippen molar-refractivity contribution in [1.82, 2.24) is 4.98 Å². The van der Waals surface area contributed by atoms with Crippen molar-refractivity contribution in [2.75, 3.05) is 24.9 Å². The summed E-state index contributed by atoms with van der Waals surface area (Å²) in [6, 6.07) is 16.0. The minimum absolute atomic E-state index is 0.308. The number of carbonyl (C=O) groups excluding carboxylic acids is 1. The van der Waals surface area contributed by atoms with Crippen LogP contribution < -0.4 is 20.1 Å². The van der Waals surface area contributed by atoms with Crippen LogP contribution in [0.15, 0.2) is 60.8 Å². The summed E-state index contributed by atoms with van der Waals surface area (Å²) in [5.74, 6) is 0.869. The van der Waals surface area contributed by atoms with Crippen molar-refractivity contribution in [3.05, 3.63) is 71.4 Å². The number of amides is 1. The normalized spacial score (nSPS) is 10.2. The van der Waals surface area contributed by atoms with Crippen molar-refractivity contribution in [3.63, 3.8) is 0 Å². The number of benzene rings is 2. The van der Waals surface area contributed by atoms with Crippen LogP contribution in [-0.4, -0.2) is 25.1 Å². The first-order valence-corrected chi connectivity index (χ1v) is 8.50. The monoisotopic (exact) mass is 383 g/mol. The van der Waals surface area contributed by atoms with Gasteiger partial charge in [0.25, 0.3) is 5.91 Å². The van der Waals surface area contributed by atoms with Crippen LogP contribution >= 0.6 is 11.6 Å². The summed E-state index contributed by atoms with van der Waals surface area (Å²) < 4.78 is 10.5. The molecular formula is C20H18ClN3O3. The van der Waals surface area contributed by atoms with Gasteiger partial charge in [-0.25, -0.2) is 4.98 Å². The fourth-order valence-corrected chi connectivity index (χ4v) is 2.70. The van der Waals surface area contributed by atoms with Crippen molar-refractivity contribution in [3.8, 4) is 11.5 Å². The minimum Gasteiger partial charge on any atom is -0.496 e. The van der Waals surface area contributed by atoms with E-state index in [9.17, 15) is 4.79 Å². The molecule has 0 bridgehead atoms. The molecule has 6 nitrogen and oxygen atoms in total. The van der Waals surface area contributed by atoms with E-state index in [4.69, 9.17) is 21.1 Å². The molecule has 3 aromatic rings. The van der Waals surface area contributed by atoms with Gasteiger partial charge in [-0.2, -0.15) is 0 Å². The number of methoxy groups -OCH3 is 2.